The first kappa shape index (κ1) is 15.3. The van der Waals surface area contributed by atoms with Crippen LogP contribution in [0, 0.1) is 5.92 Å². The fraction of sp³-hybridized carbons (Fsp3) is 0.692. The molecule has 3 N–H and O–H groups in total. The lowest BCUT2D eigenvalue weighted by molar-refractivity contribution is 0.0690. The van der Waals surface area contributed by atoms with Gasteiger partial charge in [0.05, 0.1) is 12.7 Å². The molecule has 0 saturated heterocycles. The highest BCUT2D eigenvalue weighted by atomic mass is 16.4. The molecule has 0 aliphatic heterocycles. The fourth-order valence-electron chi connectivity index (χ4n) is 2.54. The molecule has 1 heterocycles. The highest BCUT2D eigenvalue weighted by Gasteiger charge is 2.14. The Balaban J connectivity index is 1.56. The number of hydrogen-bond acceptors (Lipinski definition) is 4. The van der Waals surface area contributed by atoms with E-state index >= 15 is 0 Å². The number of carboxylic acid groups (broad SMARTS) is 1. The van der Waals surface area contributed by atoms with Gasteiger partial charge in [0.1, 0.15) is 0 Å². The number of urea groups is 1. The molecule has 1 aliphatic carbocycles. The van der Waals surface area contributed by atoms with Crippen LogP contribution >= 0.6 is 0 Å². The summed E-state index contributed by atoms with van der Waals surface area (Å²) < 4.78 is 1.39. The average Bonchev–Trinajstić information content (AvgIpc) is 3.09. The molecule has 1 aromatic heterocycles. The van der Waals surface area contributed by atoms with Crippen molar-refractivity contribution >= 4 is 12.0 Å². The van der Waals surface area contributed by atoms with Crippen LogP contribution in [0.2, 0.25) is 0 Å². The van der Waals surface area contributed by atoms with E-state index in [0.29, 0.717) is 19.6 Å². The summed E-state index contributed by atoms with van der Waals surface area (Å²) in [6.07, 6.45) is 7.56. The van der Waals surface area contributed by atoms with Crippen LogP contribution in [0.15, 0.2) is 6.20 Å². The fourth-order valence-corrected chi connectivity index (χ4v) is 2.54. The van der Waals surface area contributed by atoms with Gasteiger partial charge in [-0.1, -0.05) is 30.9 Å². The van der Waals surface area contributed by atoms with Crippen molar-refractivity contribution in [3.63, 3.8) is 0 Å². The van der Waals surface area contributed by atoms with Gasteiger partial charge in [-0.2, -0.15) is 0 Å². The maximum atomic E-state index is 11.6. The Bertz CT molecular complexity index is 482. The van der Waals surface area contributed by atoms with E-state index in [1.165, 1.54) is 36.6 Å². The normalized spacial score (nSPS) is 15.0. The largest absolute Gasteiger partial charge is 0.476 e. The first-order valence-corrected chi connectivity index (χ1v) is 7.30. The topological polar surface area (TPSA) is 109 Å². The average molecular weight is 295 g/mol. The number of aromatic carboxylic acids is 1. The Hall–Kier alpha value is -2.12. The van der Waals surface area contributed by atoms with Crippen molar-refractivity contribution in [1.29, 1.82) is 0 Å². The molecule has 0 unspecified atom stereocenters. The summed E-state index contributed by atoms with van der Waals surface area (Å²) in [7, 11) is 0. The number of nitrogens with zero attached hydrogens (tertiary/aromatic N) is 3. The summed E-state index contributed by atoms with van der Waals surface area (Å²) in [6.45, 7) is 1.46. The van der Waals surface area contributed by atoms with Gasteiger partial charge in [-0.15, -0.1) is 5.10 Å². The molecule has 0 spiro atoms. The van der Waals surface area contributed by atoms with Gasteiger partial charge >= 0.3 is 12.0 Å². The molecule has 0 aromatic carbocycles. The lowest BCUT2D eigenvalue weighted by Gasteiger charge is -2.10. The van der Waals surface area contributed by atoms with Crippen molar-refractivity contribution < 1.29 is 14.7 Å². The lowest BCUT2D eigenvalue weighted by Crippen LogP contribution is -2.38. The van der Waals surface area contributed by atoms with E-state index in [-0.39, 0.29) is 11.7 Å². The minimum absolute atomic E-state index is 0.101. The first-order chi connectivity index (χ1) is 10.1. The van der Waals surface area contributed by atoms with Crippen LogP contribution in [0.5, 0.6) is 0 Å². The molecule has 2 amide bonds. The summed E-state index contributed by atoms with van der Waals surface area (Å²) in [4.78, 5) is 22.2. The van der Waals surface area contributed by atoms with E-state index < -0.39 is 5.97 Å². The van der Waals surface area contributed by atoms with Gasteiger partial charge < -0.3 is 15.7 Å². The predicted molar refractivity (Wildman–Crippen MR) is 75.0 cm³/mol. The summed E-state index contributed by atoms with van der Waals surface area (Å²) >= 11 is 0. The second-order valence-corrected chi connectivity index (χ2v) is 5.29. The van der Waals surface area contributed by atoms with Gasteiger partial charge in [-0.05, 0) is 12.3 Å². The number of aromatic nitrogens is 3. The molecule has 21 heavy (non-hydrogen) atoms. The SMILES string of the molecule is O=C(NCCC1CCCC1)NCCn1cc(C(=O)O)nn1. The van der Waals surface area contributed by atoms with Crippen molar-refractivity contribution in [3.8, 4) is 0 Å². The van der Waals surface area contributed by atoms with Crippen molar-refractivity contribution in [3.05, 3.63) is 11.9 Å². The van der Waals surface area contributed by atoms with Crippen LogP contribution < -0.4 is 10.6 Å². The lowest BCUT2D eigenvalue weighted by atomic mass is 10.0. The quantitative estimate of drug-likeness (QED) is 0.691. The van der Waals surface area contributed by atoms with E-state index in [2.05, 4.69) is 20.9 Å². The molecule has 8 nitrogen and oxygen atoms in total. The first-order valence-electron chi connectivity index (χ1n) is 7.30. The Kier molecular flexibility index (Phi) is 5.53. The van der Waals surface area contributed by atoms with E-state index in [1.54, 1.807) is 0 Å². The monoisotopic (exact) mass is 295 g/mol. The zero-order valence-corrected chi connectivity index (χ0v) is 11.9. The van der Waals surface area contributed by atoms with Gasteiger partial charge in [0.2, 0.25) is 0 Å². The second kappa shape index (κ2) is 7.61. The third-order valence-electron chi connectivity index (χ3n) is 3.70. The molecule has 0 bridgehead atoms. The summed E-state index contributed by atoms with van der Waals surface area (Å²) in [6, 6.07) is -0.202. The molecule has 116 valence electrons. The molecule has 1 aromatic rings. The molecule has 0 atom stereocenters. The standard InChI is InChI=1S/C13H21N5O3/c19-12(20)11-9-18(17-16-11)8-7-15-13(21)14-6-5-10-3-1-2-4-10/h9-10H,1-8H2,(H,19,20)(H2,14,15,21). The number of carboxylic acids is 1. The molecule has 1 saturated carbocycles. The second-order valence-electron chi connectivity index (χ2n) is 5.29. The maximum Gasteiger partial charge on any atom is 0.358 e. The molecule has 2 rings (SSSR count). The minimum atomic E-state index is -1.11. The molecular weight excluding hydrogens is 274 g/mol. The minimum Gasteiger partial charge on any atom is -0.476 e. The van der Waals surface area contributed by atoms with Crippen LogP contribution in [0.3, 0.4) is 0 Å². The molecular formula is C13H21N5O3. The summed E-state index contributed by atoms with van der Waals surface area (Å²) in [5.41, 5.74) is -0.101. The molecule has 8 heteroatoms. The Morgan fingerprint density at radius 1 is 1.29 bits per heavy atom. The van der Waals surface area contributed by atoms with Crippen molar-refractivity contribution in [2.45, 2.75) is 38.6 Å². The third kappa shape index (κ3) is 5.05. The van der Waals surface area contributed by atoms with E-state index in [9.17, 15) is 9.59 Å². The van der Waals surface area contributed by atoms with E-state index in [1.807, 2.05) is 0 Å². The van der Waals surface area contributed by atoms with Crippen LogP contribution in [-0.2, 0) is 6.54 Å². The molecule has 1 aliphatic rings. The maximum absolute atomic E-state index is 11.6. The van der Waals surface area contributed by atoms with Crippen molar-refractivity contribution in [2.24, 2.45) is 5.92 Å². The van der Waals surface area contributed by atoms with E-state index in [4.69, 9.17) is 5.11 Å². The van der Waals surface area contributed by atoms with Crippen LogP contribution in [0.25, 0.3) is 0 Å². The summed E-state index contributed by atoms with van der Waals surface area (Å²) in [5, 5.41) is 21.4. The zero-order chi connectivity index (χ0) is 15.1. The van der Waals surface area contributed by atoms with Crippen molar-refractivity contribution in [1.82, 2.24) is 25.6 Å². The number of carbonyl (C=O) groups is 2. The van der Waals surface area contributed by atoms with Gasteiger partial charge in [-0.3, -0.25) is 0 Å². The van der Waals surface area contributed by atoms with Crippen LogP contribution in [0.4, 0.5) is 4.79 Å². The number of rotatable bonds is 7. The highest BCUT2D eigenvalue weighted by Crippen LogP contribution is 2.26. The molecule has 0 radical (unpaired) electrons. The Labute approximate surface area is 122 Å². The predicted octanol–water partition coefficient (Wildman–Crippen LogP) is 0.856. The number of amides is 2. The van der Waals surface area contributed by atoms with Crippen LogP contribution in [-0.4, -0.2) is 45.2 Å². The zero-order valence-electron chi connectivity index (χ0n) is 11.9. The van der Waals surface area contributed by atoms with Gasteiger partial charge in [0, 0.05) is 13.1 Å². The number of nitrogens with one attached hydrogen (secondary N) is 2. The Morgan fingerprint density at radius 3 is 2.67 bits per heavy atom. The van der Waals surface area contributed by atoms with Gasteiger partial charge in [-0.25, -0.2) is 14.3 Å². The highest BCUT2D eigenvalue weighted by molar-refractivity contribution is 5.84. The van der Waals surface area contributed by atoms with Crippen LogP contribution in [0.1, 0.15) is 42.6 Å². The number of carbonyl (C=O) groups excluding carboxylic acids is 1. The summed E-state index contributed by atoms with van der Waals surface area (Å²) in [5.74, 6) is -0.353. The third-order valence-corrected chi connectivity index (χ3v) is 3.70. The van der Waals surface area contributed by atoms with E-state index in [0.717, 1.165) is 12.3 Å². The van der Waals surface area contributed by atoms with Gasteiger partial charge in [0.15, 0.2) is 5.69 Å². The number of hydrogen-bond donors (Lipinski definition) is 3. The van der Waals surface area contributed by atoms with Gasteiger partial charge in [0.25, 0.3) is 0 Å². The Morgan fingerprint density at radius 2 is 2.00 bits per heavy atom. The molecule has 1 fully saturated rings. The van der Waals surface area contributed by atoms with Crippen molar-refractivity contribution in [2.75, 3.05) is 13.1 Å². The smallest absolute Gasteiger partial charge is 0.358 e.